The number of terminal acetylenes is 1. The fraction of sp³-hybridized carbons (Fsp3) is 0.417. The minimum absolute atomic E-state index is 0.242. The van der Waals surface area contributed by atoms with Gasteiger partial charge in [0.1, 0.15) is 24.1 Å². The van der Waals surface area contributed by atoms with Crippen LogP contribution in [0, 0.1) is 11.7 Å². The number of fused-ring (bicyclic) bond motifs is 1. The van der Waals surface area contributed by atoms with Crippen molar-refractivity contribution < 1.29 is 14.9 Å². The van der Waals surface area contributed by atoms with Crippen LogP contribution >= 0.6 is 11.8 Å². The summed E-state index contributed by atoms with van der Waals surface area (Å²) < 4.78 is 7.22. The SMILES string of the molecule is C#CSCC1OC(n2cnc3c(N)ncnc32)C(O)C1O. The molecule has 110 valence electrons. The number of anilines is 1. The lowest BCUT2D eigenvalue weighted by Gasteiger charge is -2.16. The van der Waals surface area contributed by atoms with Gasteiger partial charge in [-0.25, -0.2) is 15.0 Å². The van der Waals surface area contributed by atoms with Gasteiger partial charge < -0.3 is 20.7 Å². The van der Waals surface area contributed by atoms with Crippen LogP contribution in [-0.2, 0) is 4.74 Å². The average molecular weight is 307 g/mol. The van der Waals surface area contributed by atoms with Crippen LogP contribution in [0.5, 0.6) is 0 Å². The lowest BCUT2D eigenvalue weighted by Crippen LogP contribution is -2.32. The highest BCUT2D eigenvalue weighted by Gasteiger charge is 2.44. The number of nitrogen functional groups attached to an aromatic ring is 1. The van der Waals surface area contributed by atoms with Crippen LogP contribution in [0.25, 0.3) is 11.2 Å². The van der Waals surface area contributed by atoms with E-state index in [1.165, 1.54) is 29.0 Å². The Labute approximate surface area is 124 Å². The lowest BCUT2D eigenvalue weighted by molar-refractivity contribution is -0.0288. The minimum atomic E-state index is -1.11. The van der Waals surface area contributed by atoms with Gasteiger partial charge in [0, 0.05) is 5.75 Å². The normalized spacial score (nSPS) is 28.8. The Morgan fingerprint density at radius 1 is 1.38 bits per heavy atom. The number of imidazole rings is 1. The highest BCUT2D eigenvalue weighted by atomic mass is 32.2. The largest absolute Gasteiger partial charge is 0.387 e. The summed E-state index contributed by atoms with van der Waals surface area (Å²) >= 11 is 1.18. The van der Waals surface area contributed by atoms with Crippen molar-refractivity contribution >= 4 is 28.7 Å². The first kappa shape index (κ1) is 14.1. The van der Waals surface area contributed by atoms with E-state index in [-0.39, 0.29) is 5.82 Å². The van der Waals surface area contributed by atoms with Crippen LogP contribution in [0.3, 0.4) is 0 Å². The van der Waals surface area contributed by atoms with Crippen LogP contribution in [0.15, 0.2) is 12.7 Å². The third-order valence-corrected chi connectivity index (χ3v) is 3.99. The first-order chi connectivity index (χ1) is 10.1. The molecule has 3 rings (SSSR count). The van der Waals surface area contributed by atoms with Crippen LogP contribution in [0.4, 0.5) is 5.82 Å². The second-order valence-electron chi connectivity index (χ2n) is 4.56. The molecule has 21 heavy (non-hydrogen) atoms. The molecule has 9 heteroatoms. The zero-order chi connectivity index (χ0) is 15.0. The molecule has 4 N–H and O–H groups in total. The molecule has 0 amide bonds. The summed E-state index contributed by atoms with van der Waals surface area (Å²) in [6, 6.07) is 0. The molecule has 4 atom stereocenters. The molecular weight excluding hydrogens is 294 g/mol. The lowest BCUT2D eigenvalue weighted by atomic mass is 10.1. The quantitative estimate of drug-likeness (QED) is 0.640. The Kier molecular flexibility index (Phi) is 3.69. The monoisotopic (exact) mass is 307 g/mol. The maximum absolute atomic E-state index is 10.2. The zero-order valence-corrected chi connectivity index (χ0v) is 11.6. The van der Waals surface area contributed by atoms with Gasteiger partial charge in [-0.05, 0) is 5.25 Å². The summed E-state index contributed by atoms with van der Waals surface area (Å²) in [5.74, 6) is 0.626. The topological polar surface area (TPSA) is 119 Å². The average Bonchev–Trinajstić information content (AvgIpc) is 3.02. The van der Waals surface area contributed by atoms with Crippen LogP contribution in [0.1, 0.15) is 6.23 Å². The van der Waals surface area contributed by atoms with E-state index in [0.717, 1.165) is 0 Å². The van der Waals surface area contributed by atoms with Gasteiger partial charge in [-0.3, -0.25) is 4.57 Å². The van der Waals surface area contributed by atoms with Crippen LogP contribution in [-0.4, -0.2) is 53.8 Å². The van der Waals surface area contributed by atoms with E-state index in [1.807, 2.05) is 0 Å². The smallest absolute Gasteiger partial charge is 0.167 e. The molecule has 1 fully saturated rings. The molecule has 8 nitrogen and oxygen atoms in total. The summed E-state index contributed by atoms with van der Waals surface area (Å²) in [5.41, 5.74) is 6.57. The molecule has 1 saturated heterocycles. The summed E-state index contributed by atoms with van der Waals surface area (Å²) in [6.45, 7) is 0. The van der Waals surface area contributed by atoms with Gasteiger partial charge in [-0.15, -0.1) is 6.42 Å². The Morgan fingerprint density at radius 2 is 2.19 bits per heavy atom. The Hall–Kier alpha value is -1.86. The highest BCUT2D eigenvalue weighted by molar-refractivity contribution is 8.03. The van der Waals surface area contributed by atoms with Crippen molar-refractivity contribution in [1.82, 2.24) is 19.5 Å². The molecule has 2 aromatic rings. The number of ether oxygens (including phenoxy) is 1. The van der Waals surface area contributed by atoms with Crippen molar-refractivity contribution in [2.45, 2.75) is 24.5 Å². The summed E-state index contributed by atoms with van der Waals surface area (Å²) in [6.07, 6.45) is 4.42. The number of hydrogen-bond acceptors (Lipinski definition) is 8. The summed E-state index contributed by atoms with van der Waals surface area (Å²) in [4.78, 5) is 12.1. The van der Waals surface area contributed by atoms with Gasteiger partial charge in [0.05, 0.1) is 12.4 Å². The summed E-state index contributed by atoms with van der Waals surface area (Å²) in [5, 5.41) is 22.6. The highest BCUT2D eigenvalue weighted by Crippen LogP contribution is 2.33. The molecule has 0 spiro atoms. The Bertz CT molecular complexity index is 700. The van der Waals surface area contributed by atoms with Crippen molar-refractivity contribution in [1.29, 1.82) is 0 Å². The fourth-order valence-corrected chi connectivity index (χ4v) is 2.82. The van der Waals surface area contributed by atoms with Crippen LogP contribution in [0.2, 0.25) is 0 Å². The predicted molar refractivity (Wildman–Crippen MR) is 77.0 cm³/mol. The van der Waals surface area contributed by atoms with E-state index in [2.05, 4.69) is 20.2 Å². The van der Waals surface area contributed by atoms with E-state index in [4.69, 9.17) is 16.9 Å². The minimum Gasteiger partial charge on any atom is -0.387 e. The molecule has 0 aromatic carbocycles. The number of aromatic nitrogens is 4. The van der Waals surface area contributed by atoms with E-state index < -0.39 is 24.5 Å². The number of hydrogen-bond donors (Lipinski definition) is 3. The van der Waals surface area contributed by atoms with E-state index in [1.54, 1.807) is 0 Å². The molecule has 0 saturated carbocycles. The Morgan fingerprint density at radius 3 is 2.95 bits per heavy atom. The molecule has 1 aliphatic heterocycles. The van der Waals surface area contributed by atoms with Crippen LogP contribution < -0.4 is 5.73 Å². The van der Waals surface area contributed by atoms with Crippen molar-refractivity contribution in [3.05, 3.63) is 12.7 Å². The van der Waals surface area contributed by atoms with Gasteiger partial charge in [0.2, 0.25) is 0 Å². The van der Waals surface area contributed by atoms with Gasteiger partial charge in [0.25, 0.3) is 0 Å². The number of nitrogens with two attached hydrogens (primary N) is 1. The third kappa shape index (κ3) is 2.32. The molecule has 0 radical (unpaired) electrons. The summed E-state index contributed by atoms with van der Waals surface area (Å²) in [7, 11) is 0. The van der Waals surface area contributed by atoms with Gasteiger partial charge in [-0.2, -0.15) is 0 Å². The molecular formula is C12H13N5O3S. The van der Waals surface area contributed by atoms with Crippen molar-refractivity contribution in [3.63, 3.8) is 0 Å². The van der Waals surface area contributed by atoms with E-state index in [0.29, 0.717) is 16.9 Å². The molecule has 4 unspecified atom stereocenters. The van der Waals surface area contributed by atoms with Crippen molar-refractivity contribution in [3.8, 4) is 11.7 Å². The number of aliphatic hydroxyl groups excluding tert-OH is 2. The maximum Gasteiger partial charge on any atom is 0.167 e. The maximum atomic E-state index is 10.2. The molecule has 0 aliphatic carbocycles. The molecule has 1 aliphatic rings. The molecule has 2 aromatic heterocycles. The third-order valence-electron chi connectivity index (χ3n) is 3.33. The first-order valence-electron chi connectivity index (χ1n) is 6.15. The van der Waals surface area contributed by atoms with Crippen molar-refractivity contribution in [2.75, 3.05) is 11.5 Å². The number of rotatable bonds is 3. The number of nitrogens with zero attached hydrogens (tertiary/aromatic N) is 4. The predicted octanol–water partition coefficient (Wildman–Crippen LogP) is -0.648. The second kappa shape index (κ2) is 5.50. The fourth-order valence-electron chi connectivity index (χ4n) is 2.28. The van der Waals surface area contributed by atoms with Gasteiger partial charge in [0.15, 0.2) is 17.7 Å². The number of thioether (sulfide) groups is 1. The van der Waals surface area contributed by atoms with E-state index in [9.17, 15) is 10.2 Å². The molecule has 0 bridgehead atoms. The van der Waals surface area contributed by atoms with E-state index >= 15 is 0 Å². The first-order valence-corrected chi connectivity index (χ1v) is 7.14. The number of aliphatic hydroxyl groups is 2. The molecule has 3 heterocycles. The standard InChI is InChI=1S/C12H13N5O3S/c1-2-21-3-6-8(18)9(19)12(20-6)17-5-16-7-10(13)14-4-15-11(7)17/h1,4-6,8-9,12,18-19H,3H2,(H2,13,14,15). The van der Waals surface area contributed by atoms with Gasteiger partial charge in [-0.1, -0.05) is 11.8 Å². The van der Waals surface area contributed by atoms with Gasteiger partial charge >= 0.3 is 0 Å². The Balaban J connectivity index is 1.92. The second-order valence-corrected chi connectivity index (χ2v) is 5.42. The van der Waals surface area contributed by atoms with Crippen molar-refractivity contribution in [2.24, 2.45) is 0 Å². The zero-order valence-electron chi connectivity index (χ0n) is 10.8.